The molecule has 1 atom stereocenters. The van der Waals surface area contributed by atoms with Crippen LogP contribution in [0.4, 0.5) is 0 Å². The molecule has 3 aromatic heterocycles. The fourth-order valence-electron chi connectivity index (χ4n) is 2.08. The van der Waals surface area contributed by atoms with Crippen LogP contribution in [0.2, 0.25) is 5.02 Å². The van der Waals surface area contributed by atoms with Gasteiger partial charge in [0, 0.05) is 13.3 Å². The summed E-state index contributed by atoms with van der Waals surface area (Å²) in [5.74, 6) is -1.27. The van der Waals surface area contributed by atoms with Gasteiger partial charge >= 0.3 is 7.60 Å². The monoisotopic (exact) mass is 344 g/mol. The van der Waals surface area contributed by atoms with Crippen LogP contribution in [0.15, 0.2) is 18.3 Å². The normalized spacial score (nSPS) is 13.6. The molecule has 12 heteroatoms. The van der Waals surface area contributed by atoms with Crippen molar-refractivity contribution in [1.29, 1.82) is 0 Å². The number of methoxy groups -OCH3 is 1. The first-order valence-electron chi connectivity index (χ1n) is 5.91. The Labute approximate surface area is 128 Å². The van der Waals surface area contributed by atoms with Gasteiger partial charge in [-0.05, 0) is 17.3 Å². The molecule has 10 nitrogen and oxygen atoms in total. The zero-order valence-electron chi connectivity index (χ0n) is 11.1. The maximum absolute atomic E-state index is 11.6. The Kier molecular flexibility index (Phi) is 3.71. The van der Waals surface area contributed by atoms with Gasteiger partial charge < -0.3 is 14.5 Å². The number of nitrogens with zero attached hydrogens (tertiary/aromatic N) is 5. The fraction of sp³-hybridized carbons (Fsp3) is 0.200. The number of hydrogen-bond acceptors (Lipinski definition) is 6. The topological polar surface area (TPSA) is 139 Å². The van der Waals surface area contributed by atoms with E-state index < -0.39 is 13.4 Å². The minimum absolute atomic E-state index is 0.0947. The number of tetrazole rings is 1. The van der Waals surface area contributed by atoms with E-state index in [1.807, 2.05) is 0 Å². The van der Waals surface area contributed by atoms with E-state index in [-0.39, 0.29) is 16.5 Å². The van der Waals surface area contributed by atoms with Crippen LogP contribution in [0.25, 0.3) is 17.2 Å². The third-order valence-electron chi connectivity index (χ3n) is 2.95. The van der Waals surface area contributed by atoms with Crippen LogP contribution in [-0.2, 0) is 9.30 Å². The predicted molar refractivity (Wildman–Crippen MR) is 75.2 cm³/mol. The van der Waals surface area contributed by atoms with Crippen molar-refractivity contribution in [2.75, 3.05) is 7.11 Å². The number of rotatable bonds is 4. The van der Waals surface area contributed by atoms with E-state index in [2.05, 4.69) is 25.6 Å². The summed E-state index contributed by atoms with van der Waals surface area (Å²) in [4.78, 5) is 23.2. The van der Waals surface area contributed by atoms with Crippen molar-refractivity contribution in [3.63, 3.8) is 0 Å². The number of hydrogen-bond donors (Lipinski definition) is 3. The molecule has 0 spiro atoms. The van der Waals surface area contributed by atoms with Crippen molar-refractivity contribution in [3.05, 3.63) is 29.0 Å². The molecular weight excluding hydrogens is 335 g/mol. The van der Waals surface area contributed by atoms with Gasteiger partial charge in [-0.1, -0.05) is 11.6 Å². The van der Waals surface area contributed by atoms with E-state index in [9.17, 15) is 14.4 Å². The Morgan fingerprint density at radius 3 is 2.82 bits per heavy atom. The zero-order valence-corrected chi connectivity index (χ0v) is 12.7. The van der Waals surface area contributed by atoms with Gasteiger partial charge in [-0.2, -0.15) is 5.21 Å². The van der Waals surface area contributed by atoms with Gasteiger partial charge in [0.15, 0.2) is 5.85 Å². The van der Waals surface area contributed by atoms with Gasteiger partial charge in [0.2, 0.25) is 5.82 Å². The van der Waals surface area contributed by atoms with Crippen molar-refractivity contribution in [3.8, 4) is 11.5 Å². The number of pyridine rings is 1. The maximum atomic E-state index is 11.6. The second-order valence-corrected chi connectivity index (χ2v) is 6.39. The Morgan fingerprint density at radius 2 is 2.23 bits per heavy atom. The summed E-state index contributed by atoms with van der Waals surface area (Å²) in [7, 11) is -3.39. The zero-order chi connectivity index (χ0) is 15.9. The SMILES string of the molecule is COC(c1c(Cl)ccc2nc(-c3nn[nH]n3)cn12)P(=O)(O)O. The molecule has 0 bridgehead atoms. The average Bonchev–Trinajstić information content (AvgIpc) is 3.08. The van der Waals surface area contributed by atoms with Crippen LogP contribution in [0.5, 0.6) is 0 Å². The number of H-pyrrole nitrogens is 1. The molecule has 0 fully saturated rings. The number of aromatic amines is 1. The number of halogens is 1. The second-order valence-electron chi connectivity index (χ2n) is 4.33. The van der Waals surface area contributed by atoms with Crippen LogP contribution in [0.1, 0.15) is 11.5 Å². The molecule has 3 rings (SSSR count). The van der Waals surface area contributed by atoms with E-state index in [1.165, 1.54) is 23.8 Å². The molecule has 0 saturated heterocycles. The molecule has 0 amide bonds. The summed E-state index contributed by atoms with van der Waals surface area (Å²) in [6.07, 6.45) is 1.50. The largest absolute Gasteiger partial charge is 0.363 e. The van der Waals surface area contributed by atoms with Gasteiger partial charge in [0.1, 0.15) is 11.3 Å². The molecule has 0 aromatic carbocycles. The summed E-state index contributed by atoms with van der Waals surface area (Å²) in [6, 6.07) is 3.09. The van der Waals surface area contributed by atoms with Gasteiger partial charge in [-0.3, -0.25) is 8.97 Å². The van der Waals surface area contributed by atoms with E-state index in [1.54, 1.807) is 6.07 Å². The van der Waals surface area contributed by atoms with Crippen LogP contribution >= 0.6 is 19.2 Å². The lowest BCUT2D eigenvalue weighted by molar-refractivity contribution is 0.133. The van der Waals surface area contributed by atoms with Gasteiger partial charge in [-0.25, -0.2) is 4.98 Å². The maximum Gasteiger partial charge on any atom is 0.360 e. The number of ether oxygens (including phenoxy) is 1. The molecule has 0 aliphatic rings. The molecule has 22 heavy (non-hydrogen) atoms. The predicted octanol–water partition coefficient (Wildman–Crippen LogP) is 0.990. The van der Waals surface area contributed by atoms with Gasteiger partial charge in [0.25, 0.3) is 0 Å². The smallest absolute Gasteiger partial charge is 0.360 e. The minimum Gasteiger partial charge on any atom is -0.363 e. The van der Waals surface area contributed by atoms with Gasteiger partial charge in [0.05, 0.1) is 10.7 Å². The molecule has 0 saturated carbocycles. The van der Waals surface area contributed by atoms with E-state index >= 15 is 0 Å². The Balaban J connectivity index is 2.25. The molecule has 0 radical (unpaired) electrons. The number of fused-ring (bicyclic) bond motifs is 1. The summed E-state index contributed by atoms with van der Waals surface area (Å²) in [6.45, 7) is 0. The highest BCUT2D eigenvalue weighted by molar-refractivity contribution is 7.52. The highest BCUT2D eigenvalue weighted by Crippen LogP contribution is 2.53. The van der Waals surface area contributed by atoms with E-state index in [0.717, 1.165) is 0 Å². The average molecular weight is 345 g/mol. The quantitative estimate of drug-likeness (QED) is 0.595. The van der Waals surface area contributed by atoms with Crippen LogP contribution in [0.3, 0.4) is 0 Å². The fourth-order valence-corrected chi connectivity index (χ4v) is 3.26. The highest BCUT2D eigenvalue weighted by atomic mass is 35.5. The van der Waals surface area contributed by atoms with E-state index in [4.69, 9.17) is 16.3 Å². The molecule has 3 N–H and O–H groups in total. The lowest BCUT2D eigenvalue weighted by atomic mass is 10.3. The molecule has 1 unspecified atom stereocenters. The van der Waals surface area contributed by atoms with Crippen molar-refractivity contribution in [2.45, 2.75) is 5.85 Å². The first kappa shape index (κ1) is 15.1. The van der Waals surface area contributed by atoms with Crippen molar-refractivity contribution in [2.24, 2.45) is 0 Å². The number of aromatic nitrogens is 6. The minimum atomic E-state index is -4.58. The molecule has 3 heterocycles. The first-order chi connectivity index (χ1) is 10.4. The summed E-state index contributed by atoms with van der Waals surface area (Å²) < 4.78 is 18.0. The summed E-state index contributed by atoms with van der Waals surface area (Å²) in [5.41, 5.74) is 0.879. The summed E-state index contributed by atoms with van der Waals surface area (Å²) >= 11 is 6.10. The Hall–Kier alpha value is -1.84. The third kappa shape index (κ3) is 2.51. The second kappa shape index (κ2) is 5.41. The van der Waals surface area contributed by atoms with Crippen molar-refractivity contribution in [1.82, 2.24) is 30.0 Å². The summed E-state index contributed by atoms with van der Waals surface area (Å²) in [5, 5.41) is 13.5. The van der Waals surface area contributed by atoms with Gasteiger partial charge in [-0.15, -0.1) is 10.2 Å². The molecule has 116 valence electrons. The molecule has 3 aromatic rings. The lowest BCUT2D eigenvalue weighted by Gasteiger charge is -2.19. The highest BCUT2D eigenvalue weighted by Gasteiger charge is 2.34. The molecular formula is C10H10ClN6O4P. The van der Waals surface area contributed by atoms with Crippen LogP contribution in [0, 0.1) is 0 Å². The molecule has 0 aliphatic heterocycles. The number of nitrogens with one attached hydrogen (secondary N) is 1. The first-order valence-corrected chi connectivity index (χ1v) is 7.97. The van der Waals surface area contributed by atoms with Crippen molar-refractivity contribution < 1.29 is 19.1 Å². The third-order valence-corrected chi connectivity index (χ3v) is 4.34. The van der Waals surface area contributed by atoms with Crippen LogP contribution < -0.4 is 0 Å². The van der Waals surface area contributed by atoms with Crippen LogP contribution in [-0.4, -0.2) is 46.9 Å². The van der Waals surface area contributed by atoms with Crippen molar-refractivity contribution >= 4 is 24.8 Å². The molecule has 0 aliphatic carbocycles. The van der Waals surface area contributed by atoms with E-state index in [0.29, 0.717) is 11.3 Å². The number of imidazole rings is 1. The standard InChI is InChI=1S/C10H10ClN6O4P/c1-21-10(22(18,19)20)8-5(11)2-3-7-12-6(4-17(7)8)9-13-15-16-14-9/h2-4,10H,1H3,(H2,18,19,20)(H,13,14,15,16). The lowest BCUT2D eigenvalue weighted by Crippen LogP contribution is -2.08. The Bertz CT molecular complexity index is 860. The Morgan fingerprint density at radius 1 is 1.45 bits per heavy atom.